The van der Waals surface area contributed by atoms with E-state index in [1.54, 1.807) is 55.6 Å². The second kappa shape index (κ2) is 10.3. The molecule has 0 aliphatic rings. The predicted octanol–water partition coefficient (Wildman–Crippen LogP) is 5.05. The first-order valence-electron chi connectivity index (χ1n) is 10.3. The van der Waals surface area contributed by atoms with E-state index in [1.807, 2.05) is 24.3 Å². The summed E-state index contributed by atoms with van der Waals surface area (Å²) >= 11 is 0. The van der Waals surface area contributed by atoms with Crippen LogP contribution in [0.15, 0.2) is 72.8 Å². The van der Waals surface area contributed by atoms with Crippen LogP contribution in [0.4, 0.5) is 17.1 Å². The zero-order chi connectivity index (χ0) is 22.2. The van der Waals surface area contributed by atoms with E-state index in [1.165, 1.54) is 0 Å². The van der Waals surface area contributed by atoms with E-state index in [4.69, 9.17) is 4.74 Å². The molecule has 0 aliphatic heterocycles. The van der Waals surface area contributed by atoms with Gasteiger partial charge in [0.2, 0.25) is 0 Å². The summed E-state index contributed by atoms with van der Waals surface area (Å²) in [5.41, 5.74) is 3.47. The van der Waals surface area contributed by atoms with Crippen molar-refractivity contribution in [2.75, 3.05) is 35.7 Å². The fourth-order valence-corrected chi connectivity index (χ4v) is 3.20. The summed E-state index contributed by atoms with van der Waals surface area (Å²) in [5, 5.41) is 5.70. The van der Waals surface area contributed by atoms with Crippen molar-refractivity contribution >= 4 is 28.9 Å². The van der Waals surface area contributed by atoms with Gasteiger partial charge in [-0.1, -0.05) is 0 Å². The summed E-state index contributed by atoms with van der Waals surface area (Å²) in [4.78, 5) is 27.2. The van der Waals surface area contributed by atoms with Crippen molar-refractivity contribution in [3.05, 3.63) is 83.9 Å². The van der Waals surface area contributed by atoms with Crippen LogP contribution in [0.3, 0.4) is 0 Å². The molecule has 3 aromatic rings. The second-order valence-corrected chi connectivity index (χ2v) is 6.93. The lowest BCUT2D eigenvalue weighted by atomic mass is 10.1. The number of nitrogens with one attached hydrogen (secondary N) is 2. The highest BCUT2D eigenvalue weighted by atomic mass is 16.5. The van der Waals surface area contributed by atoms with E-state index in [2.05, 4.69) is 29.4 Å². The topological polar surface area (TPSA) is 70.7 Å². The largest absolute Gasteiger partial charge is 0.497 e. The van der Waals surface area contributed by atoms with Gasteiger partial charge in [-0.05, 0) is 86.6 Å². The molecule has 0 radical (unpaired) electrons. The average molecular weight is 418 g/mol. The minimum Gasteiger partial charge on any atom is -0.497 e. The SMILES string of the molecule is CCN(CC)c1ccc(C(=O)Nc2ccc(C(=O)Nc3ccc(OC)cc3)cc2)cc1. The van der Waals surface area contributed by atoms with Crippen LogP contribution in [0.2, 0.25) is 0 Å². The highest BCUT2D eigenvalue weighted by molar-refractivity contribution is 6.06. The molecule has 0 atom stereocenters. The van der Waals surface area contributed by atoms with Crippen LogP contribution in [0.5, 0.6) is 5.75 Å². The van der Waals surface area contributed by atoms with E-state index < -0.39 is 0 Å². The predicted molar refractivity (Wildman–Crippen MR) is 125 cm³/mol. The molecule has 0 aromatic heterocycles. The molecule has 2 amide bonds. The molecule has 6 nitrogen and oxygen atoms in total. The molecule has 0 spiro atoms. The Morgan fingerprint density at radius 1 is 0.710 bits per heavy atom. The fourth-order valence-electron chi connectivity index (χ4n) is 3.20. The van der Waals surface area contributed by atoms with Gasteiger partial charge in [0.15, 0.2) is 0 Å². The number of hydrogen-bond donors (Lipinski definition) is 2. The number of hydrogen-bond acceptors (Lipinski definition) is 4. The lowest BCUT2D eigenvalue weighted by molar-refractivity contribution is 0.102. The lowest BCUT2D eigenvalue weighted by Gasteiger charge is -2.21. The minimum absolute atomic E-state index is 0.193. The van der Waals surface area contributed by atoms with Crippen molar-refractivity contribution in [2.45, 2.75) is 13.8 Å². The number of anilines is 3. The Kier molecular flexibility index (Phi) is 7.27. The van der Waals surface area contributed by atoms with Gasteiger partial charge in [-0.3, -0.25) is 9.59 Å². The molecular formula is C25H27N3O3. The van der Waals surface area contributed by atoms with Crippen LogP contribution in [-0.4, -0.2) is 32.0 Å². The van der Waals surface area contributed by atoms with Crippen molar-refractivity contribution < 1.29 is 14.3 Å². The monoisotopic (exact) mass is 417 g/mol. The summed E-state index contributed by atoms with van der Waals surface area (Å²) in [7, 11) is 1.59. The van der Waals surface area contributed by atoms with E-state index in [0.29, 0.717) is 22.5 Å². The van der Waals surface area contributed by atoms with Gasteiger partial charge in [-0.15, -0.1) is 0 Å². The van der Waals surface area contributed by atoms with Crippen LogP contribution >= 0.6 is 0 Å². The summed E-state index contributed by atoms with van der Waals surface area (Å²) in [6.07, 6.45) is 0. The Hall–Kier alpha value is -3.80. The smallest absolute Gasteiger partial charge is 0.255 e. The van der Waals surface area contributed by atoms with Crippen LogP contribution in [0.1, 0.15) is 34.6 Å². The van der Waals surface area contributed by atoms with Crippen molar-refractivity contribution in [1.29, 1.82) is 0 Å². The first kappa shape index (κ1) is 21.9. The molecule has 31 heavy (non-hydrogen) atoms. The maximum Gasteiger partial charge on any atom is 0.255 e. The van der Waals surface area contributed by atoms with Gasteiger partial charge < -0.3 is 20.3 Å². The molecule has 0 saturated heterocycles. The first-order valence-corrected chi connectivity index (χ1v) is 10.3. The average Bonchev–Trinajstić information content (AvgIpc) is 2.81. The summed E-state index contributed by atoms with van der Waals surface area (Å²) < 4.78 is 5.11. The van der Waals surface area contributed by atoms with Crippen LogP contribution < -0.4 is 20.3 Å². The van der Waals surface area contributed by atoms with Gasteiger partial charge in [-0.25, -0.2) is 0 Å². The van der Waals surface area contributed by atoms with Gasteiger partial charge in [0.05, 0.1) is 7.11 Å². The third-order valence-corrected chi connectivity index (χ3v) is 5.01. The lowest BCUT2D eigenvalue weighted by Crippen LogP contribution is -2.21. The molecule has 0 unspecified atom stereocenters. The molecule has 0 aliphatic carbocycles. The Bertz CT molecular complexity index is 1010. The zero-order valence-corrected chi connectivity index (χ0v) is 18.0. The Labute approximate surface area is 182 Å². The van der Waals surface area contributed by atoms with E-state index >= 15 is 0 Å². The van der Waals surface area contributed by atoms with E-state index in [0.717, 1.165) is 24.5 Å². The Morgan fingerprint density at radius 3 is 1.55 bits per heavy atom. The van der Waals surface area contributed by atoms with Gasteiger partial charge >= 0.3 is 0 Å². The normalized spacial score (nSPS) is 10.3. The highest BCUT2D eigenvalue weighted by Crippen LogP contribution is 2.18. The molecule has 0 bridgehead atoms. The zero-order valence-electron chi connectivity index (χ0n) is 18.0. The molecular weight excluding hydrogens is 390 g/mol. The third kappa shape index (κ3) is 5.63. The maximum atomic E-state index is 12.5. The summed E-state index contributed by atoms with van der Waals surface area (Å²) in [5.74, 6) is 0.303. The van der Waals surface area contributed by atoms with Crippen LogP contribution in [0.25, 0.3) is 0 Å². The van der Waals surface area contributed by atoms with Gasteiger partial charge in [0, 0.05) is 41.3 Å². The number of rotatable bonds is 8. The number of carbonyl (C=O) groups is 2. The highest BCUT2D eigenvalue weighted by Gasteiger charge is 2.10. The van der Waals surface area contributed by atoms with Crippen molar-refractivity contribution in [1.82, 2.24) is 0 Å². The van der Waals surface area contributed by atoms with Crippen molar-refractivity contribution in [3.63, 3.8) is 0 Å². The number of ether oxygens (including phenoxy) is 1. The number of amides is 2. The second-order valence-electron chi connectivity index (χ2n) is 6.93. The number of carbonyl (C=O) groups excluding carboxylic acids is 2. The molecule has 0 fully saturated rings. The maximum absolute atomic E-state index is 12.5. The molecule has 0 saturated carbocycles. The van der Waals surface area contributed by atoms with E-state index in [9.17, 15) is 9.59 Å². The quantitative estimate of drug-likeness (QED) is 0.538. The van der Waals surface area contributed by atoms with Crippen LogP contribution in [-0.2, 0) is 0 Å². The molecule has 160 valence electrons. The third-order valence-electron chi connectivity index (χ3n) is 5.01. The molecule has 3 aromatic carbocycles. The Morgan fingerprint density at radius 2 is 1.13 bits per heavy atom. The molecule has 6 heteroatoms. The van der Waals surface area contributed by atoms with Gasteiger partial charge in [-0.2, -0.15) is 0 Å². The standard InChI is InChI=1S/C25H27N3O3/c1-4-28(5-2)22-14-8-19(9-15-22)25(30)26-20-10-6-18(7-11-20)24(29)27-21-12-16-23(31-3)17-13-21/h6-17H,4-5H2,1-3H3,(H,26,30)(H,27,29). The number of nitrogens with zero attached hydrogens (tertiary/aromatic N) is 1. The van der Waals surface area contributed by atoms with Crippen molar-refractivity contribution in [3.8, 4) is 5.75 Å². The summed E-state index contributed by atoms with van der Waals surface area (Å²) in [6, 6.07) is 21.4. The molecule has 2 N–H and O–H groups in total. The number of methoxy groups -OCH3 is 1. The number of benzene rings is 3. The molecule has 3 rings (SSSR count). The minimum atomic E-state index is -0.227. The van der Waals surface area contributed by atoms with Crippen molar-refractivity contribution in [2.24, 2.45) is 0 Å². The molecule has 0 heterocycles. The first-order chi connectivity index (χ1) is 15.0. The van der Waals surface area contributed by atoms with Gasteiger partial charge in [0.1, 0.15) is 5.75 Å². The van der Waals surface area contributed by atoms with Crippen LogP contribution in [0, 0.1) is 0 Å². The Balaban J connectivity index is 1.60. The summed E-state index contributed by atoms with van der Waals surface area (Å²) in [6.45, 7) is 6.04. The van der Waals surface area contributed by atoms with Gasteiger partial charge in [0.25, 0.3) is 11.8 Å². The van der Waals surface area contributed by atoms with E-state index in [-0.39, 0.29) is 11.8 Å². The fraction of sp³-hybridized carbons (Fsp3) is 0.200.